The van der Waals surface area contributed by atoms with E-state index >= 15 is 0 Å². The van der Waals surface area contributed by atoms with E-state index in [-0.39, 0.29) is 0 Å². The molecule has 0 radical (unpaired) electrons. The first-order chi connectivity index (χ1) is 5.65. The number of rotatable bonds is 1. The van der Waals surface area contributed by atoms with Crippen LogP contribution in [0.25, 0.3) is 0 Å². The molecule has 0 saturated heterocycles. The van der Waals surface area contributed by atoms with Gasteiger partial charge in [0, 0.05) is 6.42 Å². The van der Waals surface area contributed by atoms with Gasteiger partial charge in [0.2, 0.25) is 5.67 Å². The second-order valence-corrected chi connectivity index (χ2v) is 2.94. The Kier molecular flexibility index (Phi) is 2.04. The Morgan fingerprint density at radius 3 is 1.46 bits per heavy atom. The van der Waals surface area contributed by atoms with E-state index in [1.807, 2.05) is 0 Å². The molecule has 0 bridgehead atoms. The van der Waals surface area contributed by atoms with Gasteiger partial charge in [0.15, 0.2) is 0 Å². The third kappa shape index (κ3) is 1.12. The number of alkyl halides is 7. The van der Waals surface area contributed by atoms with Crippen molar-refractivity contribution in [1.82, 2.24) is 0 Å². The van der Waals surface area contributed by atoms with Gasteiger partial charge in [-0.15, -0.1) is 0 Å². The first kappa shape index (κ1) is 10.6. The molecule has 0 aliphatic heterocycles. The summed E-state index contributed by atoms with van der Waals surface area (Å²) in [4.78, 5) is 0. The first-order valence-corrected chi connectivity index (χ1v) is 3.38. The van der Waals surface area contributed by atoms with Gasteiger partial charge in [-0.1, -0.05) is 0 Å². The van der Waals surface area contributed by atoms with Crippen LogP contribution in [0.5, 0.6) is 0 Å². The van der Waals surface area contributed by atoms with E-state index in [9.17, 15) is 30.7 Å². The van der Waals surface area contributed by atoms with Gasteiger partial charge >= 0.3 is 11.8 Å². The van der Waals surface area contributed by atoms with Gasteiger partial charge in [0.1, 0.15) is 0 Å². The van der Waals surface area contributed by atoms with Gasteiger partial charge in [0.25, 0.3) is 6.43 Å². The Bertz CT molecular complexity index is 208. The van der Waals surface area contributed by atoms with Gasteiger partial charge in [0.05, 0.1) is 0 Å². The number of hydrogen-bond acceptors (Lipinski definition) is 0. The summed E-state index contributed by atoms with van der Waals surface area (Å²) in [5, 5.41) is 0. The Hall–Kier alpha value is -0.490. The van der Waals surface area contributed by atoms with E-state index in [0.29, 0.717) is 0 Å². The molecule has 1 saturated carbocycles. The third-order valence-corrected chi connectivity index (χ3v) is 2.13. The molecule has 7 heteroatoms. The molecule has 13 heavy (non-hydrogen) atoms. The highest BCUT2D eigenvalue weighted by atomic mass is 19.3. The fraction of sp³-hybridized carbons (Fsp3) is 1.00. The van der Waals surface area contributed by atoms with Crippen LogP contribution < -0.4 is 0 Å². The standard InChI is InChI=1S/C6H5F7/c7-3(8)4(9)1-2-5(10,11)6(4,12)13/h3H,1-2H2. The highest BCUT2D eigenvalue weighted by molar-refractivity contribution is 5.10. The quantitative estimate of drug-likeness (QED) is 0.583. The maximum atomic E-state index is 12.7. The van der Waals surface area contributed by atoms with E-state index in [1.54, 1.807) is 0 Å². The molecule has 78 valence electrons. The fourth-order valence-corrected chi connectivity index (χ4v) is 1.20. The molecular formula is C6H5F7. The Balaban J connectivity index is 3.07. The maximum Gasteiger partial charge on any atom is 0.348 e. The van der Waals surface area contributed by atoms with Gasteiger partial charge in [-0.3, -0.25) is 0 Å². The maximum absolute atomic E-state index is 12.7. The van der Waals surface area contributed by atoms with Gasteiger partial charge in [-0.25, -0.2) is 13.2 Å². The van der Waals surface area contributed by atoms with Crippen molar-refractivity contribution in [2.24, 2.45) is 0 Å². The van der Waals surface area contributed by atoms with E-state index in [4.69, 9.17) is 0 Å². The third-order valence-electron chi connectivity index (χ3n) is 2.13. The van der Waals surface area contributed by atoms with Crippen molar-refractivity contribution in [2.75, 3.05) is 0 Å². The molecule has 1 atom stereocenters. The predicted octanol–water partition coefficient (Wildman–Crippen LogP) is 3.02. The highest BCUT2D eigenvalue weighted by Crippen LogP contribution is 2.57. The molecule has 0 N–H and O–H groups in total. The average molecular weight is 210 g/mol. The number of hydrogen-bond donors (Lipinski definition) is 0. The molecule has 0 spiro atoms. The van der Waals surface area contributed by atoms with Crippen molar-refractivity contribution in [3.05, 3.63) is 0 Å². The summed E-state index contributed by atoms with van der Waals surface area (Å²) in [6.45, 7) is 0. The topological polar surface area (TPSA) is 0 Å². The first-order valence-electron chi connectivity index (χ1n) is 3.38. The smallest absolute Gasteiger partial charge is 0.231 e. The lowest BCUT2D eigenvalue weighted by atomic mass is 10.0. The van der Waals surface area contributed by atoms with Crippen LogP contribution in [0.4, 0.5) is 30.7 Å². The summed E-state index contributed by atoms with van der Waals surface area (Å²) in [5.41, 5.74) is -4.39. The van der Waals surface area contributed by atoms with Crippen molar-refractivity contribution in [3.8, 4) is 0 Å². The molecular weight excluding hydrogens is 205 g/mol. The van der Waals surface area contributed by atoms with E-state index in [2.05, 4.69) is 0 Å². The lowest BCUT2D eigenvalue weighted by Gasteiger charge is -2.28. The van der Waals surface area contributed by atoms with Crippen molar-refractivity contribution < 1.29 is 30.7 Å². The zero-order valence-corrected chi connectivity index (χ0v) is 6.14. The molecule has 1 aliphatic rings. The molecule has 0 aromatic rings. The molecule has 0 amide bonds. The van der Waals surface area contributed by atoms with Crippen LogP contribution in [0.3, 0.4) is 0 Å². The summed E-state index contributed by atoms with van der Waals surface area (Å²) in [6, 6.07) is 0. The van der Waals surface area contributed by atoms with Crippen molar-refractivity contribution in [1.29, 1.82) is 0 Å². The van der Waals surface area contributed by atoms with Crippen molar-refractivity contribution in [2.45, 2.75) is 36.8 Å². The second kappa shape index (κ2) is 2.51. The van der Waals surface area contributed by atoms with Crippen LogP contribution in [0, 0.1) is 0 Å². The Morgan fingerprint density at radius 2 is 1.31 bits per heavy atom. The number of halogens is 7. The van der Waals surface area contributed by atoms with Gasteiger partial charge in [-0.2, -0.15) is 17.6 Å². The molecule has 0 aromatic carbocycles. The summed E-state index contributed by atoms with van der Waals surface area (Å²) >= 11 is 0. The summed E-state index contributed by atoms with van der Waals surface area (Å²) in [5.74, 6) is -9.97. The zero-order chi connectivity index (χ0) is 10.5. The van der Waals surface area contributed by atoms with Gasteiger partial charge < -0.3 is 0 Å². The lowest BCUT2D eigenvalue weighted by molar-refractivity contribution is -0.261. The van der Waals surface area contributed by atoms with Crippen molar-refractivity contribution >= 4 is 0 Å². The minimum atomic E-state index is -5.28. The molecule has 0 nitrogen and oxygen atoms in total. The summed E-state index contributed by atoms with van der Waals surface area (Å²) in [6.07, 6.45) is -7.18. The van der Waals surface area contributed by atoms with Crippen LogP contribution >= 0.6 is 0 Å². The van der Waals surface area contributed by atoms with E-state index in [1.165, 1.54) is 0 Å². The largest absolute Gasteiger partial charge is 0.348 e. The minimum absolute atomic E-state index is 1.52. The second-order valence-electron chi connectivity index (χ2n) is 2.94. The van der Waals surface area contributed by atoms with E-state index < -0.39 is 36.8 Å². The van der Waals surface area contributed by atoms with Crippen LogP contribution in [0.15, 0.2) is 0 Å². The van der Waals surface area contributed by atoms with E-state index in [0.717, 1.165) is 0 Å². The predicted molar refractivity (Wildman–Crippen MR) is 29.0 cm³/mol. The van der Waals surface area contributed by atoms with Gasteiger partial charge in [-0.05, 0) is 6.42 Å². The minimum Gasteiger partial charge on any atom is -0.231 e. The summed E-state index contributed by atoms with van der Waals surface area (Å²) in [7, 11) is 0. The van der Waals surface area contributed by atoms with Crippen LogP contribution in [0.1, 0.15) is 12.8 Å². The van der Waals surface area contributed by atoms with Crippen molar-refractivity contribution in [3.63, 3.8) is 0 Å². The average Bonchev–Trinajstić information content (AvgIpc) is 2.12. The molecule has 1 fully saturated rings. The zero-order valence-electron chi connectivity index (χ0n) is 6.14. The Labute approximate surface area is 68.7 Å². The molecule has 0 aromatic heterocycles. The van der Waals surface area contributed by atoms with Crippen LogP contribution in [-0.4, -0.2) is 23.9 Å². The molecule has 0 heterocycles. The highest BCUT2D eigenvalue weighted by Gasteiger charge is 2.78. The normalized spacial score (nSPS) is 36.9. The lowest BCUT2D eigenvalue weighted by Crippen LogP contribution is -2.53. The molecule has 1 unspecified atom stereocenters. The molecule has 1 aliphatic carbocycles. The SMILES string of the molecule is FC(F)C1(F)CCC(F)(F)C1(F)F. The molecule has 1 rings (SSSR count). The monoisotopic (exact) mass is 210 g/mol. The fourth-order valence-electron chi connectivity index (χ4n) is 1.20. The Morgan fingerprint density at radius 1 is 0.846 bits per heavy atom. The summed E-state index contributed by atoms with van der Waals surface area (Å²) < 4.78 is 85.6. The van der Waals surface area contributed by atoms with Crippen LogP contribution in [0.2, 0.25) is 0 Å². The van der Waals surface area contributed by atoms with Crippen LogP contribution in [-0.2, 0) is 0 Å².